The van der Waals surface area contributed by atoms with Crippen LogP contribution in [0.25, 0.3) is 0 Å². The molecule has 14 heavy (non-hydrogen) atoms. The van der Waals surface area contributed by atoms with Crippen LogP contribution in [-0.2, 0) is 6.54 Å². The minimum absolute atomic E-state index is 0. The predicted molar refractivity (Wildman–Crippen MR) is 65.3 cm³/mol. The second-order valence-electron chi connectivity index (χ2n) is 3.05. The average Bonchev–Trinajstić information content (AvgIpc) is 2.16. The van der Waals surface area contributed by atoms with Crippen molar-refractivity contribution in [2.45, 2.75) is 32.9 Å². The van der Waals surface area contributed by atoms with Crippen molar-refractivity contribution in [1.29, 1.82) is 0 Å². The summed E-state index contributed by atoms with van der Waals surface area (Å²) >= 11 is 0. The molecule has 1 unspecified atom stereocenters. The molecule has 0 fully saturated rings. The Morgan fingerprint density at radius 1 is 1.29 bits per heavy atom. The van der Waals surface area contributed by atoms with Crippen molar-refractivity contribution >= 4 is 24.8 Å². The lowest BCUT2D eigenvalue weighted by molar-refractivity contribution is 0.534. The third kappa shape index (κ3) is 6.19. The lowest BCUT2D eigenvalue weighted by Gasteiger charge is -2.10. The monoisotopic (exact) mass is 236 g/mol. The molecule has 1 aromatic heterocycles. The number of halogens is 2. The molecular formula is C10H18Cl2N2. The van der Waals surface area contributed by atoms with Gasteiger partial charge in [-0.2, -0.15) is 0 Å². The van der Waals surface area contributed by atoms with Crippen molar-refractivity contribution in [3.63, 3.8) is 0 Å². The number of hydrogen-bond acceptors (Lipinski definition) is 2. The second kappa shape index (κ2) is 9.25. The number of hydrogen-bond donors (Lipinski definition) is 1. The highest BCUT2D eigenvalue weighted by Gasteiger charge is 1.96. The molecule has 0 radical (unpaired) electrons. The minimum atomic E-state index is 0. The van der Waals surface area contributed by atoms with Gasteiger partial charge in [-0.3, -0.25) is 4.98 Å². The Bertz CT molecular complexity index is 217. The van der Waals surface area contributed by atoms with Crippen LogP contribution in [0.2, 0.25) is 0 Å². The summed E-state index contributed by atoms with van der Waals surface area (Å²) in [5, 5.41) is 3.42. The highest BCUT2D eigenvalue weighted by molar-refractivity contribution is 5.85. The van der Waals surface area contributed by atoms with Crippen molar-refractivity contribution in [1.82, 2.24) is 10.3 Å². The second-order valence-corrected chi connectivity index (χ2v) is 3.05. The molecule has 0 aliphatic rings. The molecule has 0 aromatic carbocycles. The summed E-state index contributed by atoms with van der Waals surface area (Å²) in [7, 11) is 0. The minimum Gasteiger partial charge on any atom is -0.310 e. The molecule has 0 saturated carbocycles. The van der Waals surface area contributed by atoms with E-state index in [4.69, 9.17) is 0 Å². The first-order valence-electron chi connectivity index (χ1n) is 4.45. The summed E-state index contributed by atoms with van der Waals surface area (Å²) in [5.74, 6) is 0. The first-order chi connectivity index (χ1) is 5.83. The fraction of sp³-hybridized carbons (Fsp3) is 0.500. The van der Waals surface area contributed by atoms with Gasteiger partial charge in [-0.25, -0.2) is 0 Å². The van der Waals surface area contributed by atoms with Crippen LogP contribution in [0.4, 0.5) is 0 Å². The van der Waals surface area contributed by atoms with Gasteiger partial charge < -0.3 is 5.32 Å². The molecule has 0 bridgehead atoms. The van der Waals surface area contributed by atoms with E-state index in [1.54, 1.807) is 0 Å². The largest absolute Gasteiger partial charge is 0.310 e. The van der Waals surface area contributed by atoms with Gasteiger partial charge in [0, 0.05) is 25.0 Å². The zero-order chi connectivity index (χ0) is 8.81. The molecule has 1 rings (SSSR count). The molecule has 0 aliphatic carbocycles. The van der Waals surface area contributed by atoms with Gasteiger partial charge >= 0.3 is 0 Å². The van der Waals surface area contributed by atoms with Crippen molar-refractivity contribution < 1.29 is 0 Å². The van der Waals surface area contributed by atoms with Gasteiger partial charge in [0.25, 0.3) is 0 Å². The van der Waals surface area contributed by atoms with Gasteiger partial charge in [-0.1, -0.05) is 6.92 Å². The number of pyridine rings is 1. The van der Waals surface area contributed by atoms with E-state index in [-0.39, 0.29) is 24.8 Å². The van der Waals surface area contributed by atoms with Crippen LogP contribution < -0.4 is 5.32 Å². The lowest BCUT2D eigenvalue weighted by atomic mass is 10.2. The molecule has 0 spiro atoms. The van der Waals surface area contributed by atoms with E-state index < -0.39 is 0 Å². The quantitative estimate of drug-likeness (QED) is 0.870. The molecule has 4 heteroatoms. The summed E-state index contributed by atoms with van der Waals surface area (Å²) in [6.45, 7) is 5.32. The zero-order valence-corrected chi connectivity index (χ0v) is 10.2. The SMILES string of the molecule is CCC(C)NCc1ccncc1.Cl.Cl. The van der Waals surface area contributed by atoms with Crippen LogP contribution in [0.3, 0.4) is 0 Å². The van der Waals surface area contributed by atoms with Crippen LogP contribution in [0, 0.1) is 0 Å². The summed E-state index contributed by atoms with van der Waals surface area (Å²) in [6, 6.07) is 4.67. The van der Waals surface area contributed by atoms with Gasteiger partial charge in [-0.05, 0) is 31.0 Å². The van der Waals surface area contributed by atoms with Gasteiger partial charge in [0.05, 0.1) is 0 Å². The summed E-state index contributed by atoms with van der Waals surface area (Å²) in [4.78, 5) is 3.96. The molecule has 82 valence electrons. The zero-order valence-electron chi connectivity index (χ0n) is 8.56. The standard InChI is InChI=1S/C10H16N2.2ClH/c1-3-9(2)12-8-10-4-6-11-7-5-10;;/h4-7,9,12H,3,8H2,1-2H3;2*1H. The van der Waals surface area contributed by atoms with Crippen LogP contribution in [0.1, 0.15) is 25.8 Å². The van der Waals surface area contributed by atoms with Gasteiger partial charge in [0.2, 0.25) is 0 Å². The van der Waals surface area contributed by atoms with Crippen molar-refractivity contribution in [2.24, 2.45) is 0 Å². The van der Waals surface area contributed by atoms with Crippen LogP contribution >= 0.6 is 24.8 Å². The molecule has 0 saturated heterocycles. The van der Waals surface area contributed by atoms with Gasteiger partial charge in [0.15, 0.2) is 0 Å². The first kappa shape index (κ1) is 16.1. The molecule has 0 amide bonds. The van der Waals surface area contributed by atoms with Crippen molar-refractivity contribution in [3.8, 4) is 0 Å². The molecule has 0 aliphatic heterocycles. The lowest BCUT2D eigenvalue weighted by Crippen LogP contribution is -2.24. The smallest absolute Gasteiger partial charge is 0.0271 e. The maximum Gasteiger partial charge on any atom is 0.0271 e. The molecular weight excluding hydrogens is 219 g/mol. The number of aromatic nitrogens is 1. The highest BCUT2D eigenvalue weighted by Crippen LogP contribution is 1.97. The Labute approximate surface area is 98.3 Å². The first-order valence-corrected chi connectivity index (χ1v) is 4.45. The molecule has 1 heterocycles. The van der Waals surface area contributed by atoms with E-state index in [9.17, 15) is 0 Å². The van der Waals surface area contributed by atoms with E-state index in [0.29, 0.717) is 6.04 Å². The fourth-order valence-corrected chi connectivity index (χ4v) is 0.937. The van der Waals surface area contributed by atoms with E-state index in [1.807, 2.05) is 24.5 Å². The third-order valence-electron chi connectivity index (χ3n) is 2.02. The summed E-state index contributed by atoms with van der Waals surface area (Å²) < 4.78 is 0. The van der Waals surface area contributed by atoms with E-state index in [0.717, 1.165) is 6.54 Å². The molecule has 2 nitrogen and oxygen atoms in total. The van der Waals surface area contributed by atoms with Crippen molar-refractivity contribution in [3.05, 3.63) is 30.1 Å². The number of nitrogens with zero attached hydrogens (tertiary/aromatic N) is 1. The Balaban J connectivity index is 0. The van der Waals surface area contributed by atoms with Gasteiger partial charge in [-0.15, -0.1) is 24.8 Å². The topological polar surface area (TPSA) is 24.9 Å². The van der Waals surface area contributed by atoms with Crippen LogP contribution in [-0.4, -0.2) is 11.0 Å². The summed E-state index contributed by atoms with van der Waals surface area (Å²) in [5.41, 5.74) is 1.30. The maximum atomic E-state index is 3.96. The normalized spacial score (nSPS) is 11.0. The number of nitrogens with one attached hydrogen (secondary N) is 1. The van der Waals surface area contributed by atoms with E-state index in [1.165, 1.54) is 12.0 Å². The summed E-state index contributed by atoms with van der Waals surface area (Å²) in [6.07, 6.45) is 4.83. The maximum absolute atomic E-state index is 3.96. The van der Waals surface area contributed by atoms with Crippen molar-refractivity contribution in [2.75, 3.05) is 0 Å². The molecule has 1 atom stereocenters. The predicted octanol–water partition coefficient (Wildman–Crippen LogP) is 2.81. The Hall–Kier alpha value is -0.310. The fourth-order valence-electron chi connectivity index (χ4n) is 0.937. The Morgan fingerprint density at radius 3 is 2.36 bits per heavy atom. The number of rotatable bonds is 4. The molecule has 1 N–H and O–H groups in total. The Kier molecular flexibility index (Phi) is 10.7. The van der Waals surface area contributed by atoms with Gasteiger partial charge in [0.1, 0.15) is 0 Å². The highest BCUT2D eigenvalue weighted by atomic mass is 35.5. The van der Waals surface area contributed by atoms with E-state index >= 15 is 0 Å². The Morgan fingerprint density at radius 2 is 1.86 bits per heavy atom. The van der Waals surface area contributed by atoms with Crippen LogP contribution in [0.15, 0.2) is 24.5 Å². The average molecular weight is 237 g/mol. The van der Waals surface area contributed by atoms with E-state index in [2.05, 4.69) is 24.1 Å². The molecule has 1 aromatic rings. The third-order valence-corrected chi connectivity index (χ3v) is 2.02. The van der Waals surface area contributed by atoms with Crippen LogP contribution in [0.5, 0.6) is 0 Å².